The lowest BCUT2D eigenvalue weighted by Gasteiger charge is -2.23. The molecule has 0 amide bonds. The van der Waals surface area contributed by atoms with E-state index >= 15 is 0 Å². The number of hydrogen-bond donors (Lipinski definition) is 0. The number of ether oxygens (including phenoxy) is 1. The number of nitrogens with zero attached hydrogens (tertiary/aromatic N) is 1. The minimum Gasteiger partial charge on any atom is -0.497 e. The van der Waals surface area contributed by atoms with Crippen molar-refractivity contribution in [2.45, 2.75) is 32.6 Å². The predicted octanol–water partition coefficient (Wildman–Crippen LogP) is 6.25. The molecule has 3 rings (SSSR count). The molecule has 0 radical (unpaired) electrons. The van der Waals surface area contributed by atoms with Crippen molar-refractivity contribution in [1.82, 2.24) is 4.90 Å². The molecule has 0 unspecified atom stereocenters. The third kappa shape index (κ3) is 4.58. The molecule has 3 heteroatoms. The Kier molecular flexibility index (Phi) is 6.04. The van der Waals surface area contributed by atoms with Crippen LogP contribution in [0.3, 0.4) is 0 Å². The fourth-order valence-electron chi connectivity index (χ4n) is 3.40. The third-order valence-corrected chi connectivity index (χ3v) is 5.17. The van der Waals surface area contributed by atoms with E-state index < -0.39 is 0 Å². The molecule has 0 spiro atoms. The highest BCUT2D eigenvalue weighted by molar-refractivity contribution is 6.33. The fraction of sp³-hybridized carbons (Fsp3) is 0.364. The predicted molar refractivity (Wildman–Crippen MR) is 107 cm³/mol. The lowest BCUT2D eigenvalue weighted by atomic mass is 10.0. The average Bonchev–Trinajstić information content (AvgIpc) is 2.91. The first-order valence-corrected chi connectivity index (χ1v) is 9.42. The van der Waals surface area contributed by atoms with Crippen LogP contribution in [-0.4, -0.2) is 25.1 Å². The quantitative estimate of drug-likeness (QED) is 0.642. The van der Waals surface area contributed by atoms with Gasteiger partial charge >= 0.3 is 0 Å². The molecule has 0 N–H and O–H groups in total. The summed E-state index contributed by atoms with van der Waals surface area (Å²) in [7, 11) is 1.68. The van der Waals surface area contributed by atoms with E-state index in [0.29, 0.717) is 0 Å². The number of hydrogen-bond acceptors (Lipinski definition) is 2. The highest BCUT2D eigenvalue weighted by Gasteiger charge is 2.10. The van der Waals surface area contributed by atoms with Crippen LogP contribution in [0.15, 0.2) is 48.2 Å². The summed E-state index contributed by atoms with van der Waals surface area (Å²) in [6, 6.07) is 14.3. The van der Waals surface area contributed by atoms with Crippen molar-refractivity contribution in [2.75, 3.05) is 20.2 Å². The molecule has 2 aromatic carbocycles. The Bertz CT molecular complexity index is 745. The highest BCUT2D eigenvalue weighted by Crippen LogP contribution is 2.31. The van der Waals surface area contributed by atoms with Crippen LogP contribution in [0, 0.1) is 0 Å². The first-order chi connectivity index (χ1) is 12.2. The zero-order valence-corrected chi connectivity index (χ0v) is 15.9. The highest BCUT2D eigenvalue weighted by atomic mass is 35.5. The molecular formula is C22H26ClNO. The molecule has 25 heavy (non-hydrogen) atoms. The van der Waals surface area contributed by atoms with Gasteiger partial charge in [-0.1, -0.05) is 48.7 Å². The van der Waals surface area contributed by atoms with Crippen LogP contribution in [0.1, 0.15) is 38.2 Å². The van der Waals surface area contributed by atoms with Gasteiger partial charge in [-0.2, -0.15) is 0 Å². The molecule has 0 saturated carbocycles. The normalized spacial score (nSPS) is 15.8. The second-order valence-electron chi connectivity index (χ2n) is 6.66. The van der Waals surface area contributed by atoms with Gasteiger partial charge in [0, 0.05) is 29.4 Å². The Labute approximate surface area is 156 Å². The summed E-state index contributed by atoms with van der Waals surface area (Å²) in [5, 5.41) is 0.769. The Balaban J connectivity index is 1.82. The standard InChI is InChI=1S/C22H26ClNO/c1-17(24-12-5-3-4-6-13-24)14-18-10-11-21(22(23)15-18)19-8-7-9-20(16-19)25-2/h7-11,14-16H,3-6,12-13H2,1-2H3. The number of rotatable bonds is 4. The molecule has 2 nitrogen and oxygen atoms in total. The van der Waals surface area contributed by atoms with E-state index in [1.54, 1.807) is 7.11 Å². The largest absolute Gasteiger partial charge is 0.497 e. The van der Waals surface area contributed by atoms with Crippen molar-refractivity contribution in [3.8, 4) is 16.9 Å². The molecule has 1 fully saturated rings. The minimum absolute atomic E-state index is 0.769. The summed E-state index contributed by atoms with van der Waals surface area (Å²) < 4.78 is 5.31. The van der Waals surface area contributed by atoms with E-state index in [-0.39, 0.29) is 0 Å². The van der Waals surface area contributed by atoms with E-state index in [1.165, 1.54) is 31.4 Å². The summed E-state index contributed by atoms with van der Waals surface area (Å²) in [6.07, 6.45) is 7.53. The molecule has 1 aliphatic heterocycles. The SMILES string of the molecule is COc1cccc(-c2ccc(C=C(C)N3CCCCCC3)cc2Cl)c1. The van der Waals surface area contributed by atoms with Crippen molar-refractivity contribution < 1.29 is 4.74 Å². The van der Waals surface area contributed by atoms with Gasteiger partial charge in [0.25, 0.3) is 0 Å². The third-order valence-electron chi connectivity index (χ3n) is 4.85. The Morgan fingerprint density at radius 1 is 1.04 bits per heavy atom. The molecule has 0 bridgehead atoms. The zero-order valence-electron chi connectivity index (χ0n) is 15.1. The van der Waals surface area contributed by atoms with Crippen LogP contribution in [-0.2, 0) is 0 Å². The fourth-order valence-corrected chi connectivity index (χ4v) is 3.70. The van der Waals surface area contributed by atoms with Gasteiger partial charge in [-0.25, -0.2) is 0 Å². The molecule has 0 atom stereocenters. The number of likely N-dealkylation sites (tertiary alicyclic amines) is 1. The topological polar surface area (TPSA) is 12.5 Å². The summed E-state index contributed by atoms with van der Waals surface area (Å²) >= 11 is 6.57. The van der Waals surface area contributed by atoms with Crippen LogP contribution < -0.4 is 4.74 Å². The number of halogens is 1. The van der Waals surface area contributed by atoms with Crippen LogP contribution >= 0.6 is 11.6 Å². The first-order valence-electron chi connectivity index (χ1n) is 9.04. The second-order valence-corrected chi connectivity index (χ2v) is 7.07. The van der Waals surface area contributed by atoms with Gasteiger partial charge in [-0.05, 0) is 55.2 Å². The molecule has 132 valence electrons. The molecule has 0 aliphatic carbocycles. The van der Waals surface area contributed by atoms with E-state index in [4.69, 9.17) is 16.3 Å². The van der Waals surface area contributed by atoms with Crippen LogP contribution in [0.25, 0.3) is 17.2 Å². The van der Waals surface area contributed by atoms with Gasteiger partial charge in [0.05, 0.1) is 7.11 Å². The van der Waals surface area contributed by atoms with Crippen LogP contribution in [0.5, 0.6) is 5.75 Å². The maximum absolute atomic E-state index is 6.57. The molecule has 1 saturated heterocycles. The zero-order chi connectivity index (χ0) is 17.6. The average molecular weight is 356 g/mol. The van der Waals surface area contributed by atoms with Crippen molar-refractivity contribution in [3.05, 3.63) is 58.7 Å². The minimum atomic E-state index is 0.769. The van der Waals surface area contributed by atoms with Gasteiger partial charge in [0.1, 0.15) is 5.75 Å². The lowest BCUT2D eigenvalue weighted by molar-refractivity contribution is 0.362. The summed E-state index contributed by atoms with van der Waals surface area (Å²) in [4.78, 5) is 2.50. The van der Waals surface area contributed by atoms with Crippen molar-refractivity contribution >= 4 is 17.7 Å². The van der Waals surface area contributed by atoms with E-state index in [9.17, 15) is 0 Å². The summed E-state index contributed by atoms with van der Waals surface area (Å²) in [5.41, 5.74) is 4.58. The first kappa shape index (κ1) is 17.9. The summed E-state index contributed by atoms with van der Waals surface area (Å²) in [5.74, 6) is 0.842. The van der Waals surface area contributed by atoms with E-state index in [1.807, 2.05) is 18.2 Å². The van der Waals surface area contributed by atoms with Crippen LogP contribution in [0.2, 0.25) is 5.02 Å². The molecule has 1 aliphatic rings. The maximum Gasteiger partial charge on any atom is 0.119 e. The molecular weight excluding hydrogens is 330 g/mol. The van der Waals surface area contributed by atoms with Gasteiger partial charge in [0.2, 0.25) is 0 Å². The number of allylic oxidation sites excluding steroid dienone is 1. The number of benzene rings is 2. The van der Waals surface area contributed by atoms with Gasteiger partial charge < -0.3 is 9.64 Å². The van der Waals surface area contributed by atoms with Crippen molar-refractivity contribution in [2.24, 2.45) is 0 Å². The Morgan fingerprint density at radius 2 is 1.80 bits per heavy atom. The summed E-state index contributed by atoms with van der Waals surface area (Å²) in [6.45, 7) is 4.53. The monoisotopic (exact) mass is 355 g/mol. The van der Waals surface area contributed by atoms with Gasteiger partial charge in [-0.3, -0.25) is 0 Å². The van der Waals surface area contributed by atoms with Gasteiger partial charge in [0.15, 0.2) is 0 Å². The van der Waals surface area contributed by atoms with Crippen molar-refractivity contribution in [3.63, 3.8) is 0 Å². The second kappa shape index (κ2) is 8.44. The lowest BCUT2D eigenvalue weighted by Crippen LogP contribution is -2.22. The molecule has 2 aromatic rings. The van der Waals surface area contributed by atoms with Crippen molar-refractivity contribution in [1.29, 1.82) is 0 Å². The van der Waals surface area contributed by atoms with Gasteiger partial charge in [-0.15, -0.1) is 0 Å². The van der Waals surface area contributed by atoms with Crippen LogP contribution in [0.4, 0.5) is 0 Å². The van der Waals surface area contributed by atoms with E-state index in [0.717, 1.165) is 40.6 Å². The smallest absolute Gasteiger partial charge is 0.119 e. The van der Waals surface area contributed by atoms with E-state index in [2.05, 4.69) is 42.2 Å². The molecule has 0 aromatic heterocycles. The maximum atomic E-state index is 6.57. The Morgan fingerprint density at radius 3 is 2.48 bits per heavy atom. The Hall–Kier alpha value is -1.93. The number of methoxy groups -OCH3 is 1. The molecule has 1 heterocycles.